The molecule has 4 nitrogen and oxygen atoms in total. The van der Waals surface area contributed by atoms with Crippen LogP contribution in [0.15, 0.2) is 24.3 Å². The second-order valence-corrected chi connectivity index (χ2v) is 7.17. The van der Waals surface area contributed by atoms with E-state index >= 15 is 0 Å². The highest BCUT2D eigenvalue weighted by Gasteiger charge is 2.18. The van der Waals surface area contributed by atoms with E-state index in [0.29, 0.717) is 25.0 Å². The van der Waals surface area contributed by atoms with E-state index in [1.165, 1.54) is 4.90 Å². The van der Waals surface area contributed by atoms with Crippen LogP contribution in [0.5, 0.6) is 5.75 Å². The van der Waals surface area contributed by atoms with Crippen LogP contribution in [0.3, 0.4) is 0 Å². The minimum absolute atomic E-state index is 0.381. The molecule has 0 aromatic heterocycles. The average molecular weight is 324 g/mol. The largest absolute Gasteiger partial charge is 0.497 e. The predicted molar refractivity (Wildman–Crippen MR) is 93.9 cm³/mol. The van der Waals surface area contributed by atoms with Crippen molar-refractivity contribution in [2.24, 2.45) is 11.8 Å². The molecule has 1 aromatic carbocycles. The van der Waals surface area contributed by atoms with Crippen LogP contribution in [0.1, 0.15) is 33.3 Å². The normalized spacial score (nSPS) is 13.1. The fraction of sp³-hybridized carbons (Fsp3) is 0.684. The van der Waals surface area contributed by atoms with E-state index < -0.39 is 6.10 Å². The molecule has 0 aliphatic carbocycles. The van der Waals surface area contributed by atoms with Gasteiger partial charge in [0.15, 0.2) is 0 Å². The molecule has 0 spiro atoms. The lowest BCUT2D eigenvalue weighted by Crippen LogP contribution is -3.14. The maximum absolute atomic E-state index is 10.2. The number of hydrogen-bond donors (Lipinski definition) is 2. The molecular formula is C19H34NO3+. The lowest BCUT2D eigenvalue weighted by Gasteiger charge is -2.25. The van der Waals surface area contributed by atoms with Crippen LogP contribution in [-0.2, 0) is 11.3 Å². The highest BCUT2D eigenvalue weighted by molar-refractivity contribution is 5.26. The van der Waals surface area contributed by atoms with E-state index in [2.05, 4.69) is 27.7 Å². The van der Waals surface area contributed by atoms with E-state index in [9.17, 15) is 5.11 Å². The number of aliphatic hydroxyl groups excluding tert-OH is 1. The summed E-state index contributed by atoms with van der Waals surface area (Å²) in [5.41, 5.74) is 1.09. The molecule has 0 saturated carbocycles. The molecule has 0 fully saturated rings. The summed E-state index contributed by atoms with van der Waals surface area (Å²) in [4.78, 5) is 1.45. The van der Waals surface area contributed by atoms with Crippen LogP contribution in [0.4, 0.5) is 0 Å². The summed E-state index contributed by atoms with van der Waals surface area (Å²) >= 11 is 0. The Labute approximate surface area is 141 Å². The van der Waals surface area contributed by atoms with Crippen LogP contribution >= 0.6 is 0 Å². The molecule has 0 amide bonds. The molecule has 132 valence electrons. The molecule has 0 aliphatic rings. The molecule has 23 heavy (non-hydrogen) atoms. The highest BCUT2D eigenvalue weighted by Crippen LogP contribution is 2.11. The first-order valence-electron chi connectivity index (χ1n) is 8.63. The summed E-state index contributed by atoms with van der Waals surface area (Å²) in [6.45, 7) is 12.7. The Morgan fingerprint density at radius 1 is 0.957 bits per heavy atom. The van der Waals surface area contributed by atoms with Gasteiger partial charge in [-0.2, -0.15) is 0 Å². The first-order chi connectivity index (χ1) is 10.9. The van der Waals surface area contributed by atoms with Gasteiger partial charge in [0.2, 0.25) is 0 Å². The van der Waals surface area contributed by atoms with Gasteiger partial charge in [-0.3, -0.25) is 0 Å². The summed E-state index contributed by atoms with van der Waals surface area (Å²) in [6.07, 6.45) is -0.416. The third-order valence-corrected chi connectivity index (χ3v) is 3.66. The molecule has 2 N–H and O–H groups in total. The monoisotopic (exact) mass is 324 g/mol. The van der Waals surface area contributed by atoms with Crippen molar-refractivity contribution in [1.82, 2.24) is 0 Å². The Balaban J connectivity index is 2.34. The SMILES string of the molecule is COc1ccc(COC[C@H](O)C[NH+](CC(C)C)CC(C)C)cc1. The maximum Gasteiger partial charge on any atom is 0.126 e. The predicted octanol–water partition coefficient (Wildman–Crippen LogP) is 1.77. The van der Waals surface area contributed by atoms with Crippen molar-refractivity contribution in [1.29, 1.82) is 0 Å². The molecule has 0 bridgehead atoms. The number of rotatable bonds is 11. The lowest BCUT2D eigenvalue weighted by atomic mass is 10.1. The zero-order chi connectivity index (χ0) is 17.2. The van der Waals surface area contributed by atoms with E-state index in [0.717, 1.165) is 30.9 Å². The van der Waals surface area contributed by atoms with Crippen molar-refractivity contribution in [2.45, 2.75) is 40.4 Å². The minimum atomic E-state index is -0.416. The minimum Gasteiger partial charge on any atom is -0.497 e. The summed E-state index contributed by atoms with van der Waals surface area (Å²) in [5.74, 6) is 2.11. The molecule has 0 unspecified atom stereocenters. The van der Waals surface area contributed by atoms with Gasteiger partial charge in [-0.25, -0.2) is 0 Å². The average Bonchev–Trinajstić information content (AvgIpc) is 2.46. The van der Waals surface area contributed by atoms with Crippen LogP contribution in [-0.4, -0.2) is 44.6 Å². The van der Waals surface area contributed by atoms with E-state index in [4.69, 9.17) is 9.47 Å². The van der Waals surface area contributed by atoms with Gasteiger partial charge in [-0.05, 0) is 17.7 Å². The number of benzene rings is 1. The molecule has 1 atom stereocenters. The van der Waals surface area contributed by atoms with Crippen LogP contribution in [0, 0.1) is 11.8 Å². The Morgan fingerprint density at radius 2 is 1.52 bits per heavy atom. The van der Waals surface area contributed by atoms with E-state index in [-0.39, 0.29) is 0 Å². The third kappa shape index (κ3) is 8.94. The maximum atomic E-state index is 10.2. The van der Waals surface area contributed by atoms with E-state index in [1.807, 2.05) is 24.3 Å². The third-order valence-electron chi connectivity index (χ3n) is 3.66. The molecule has 4 heteroatoms. The fourth-order valence-corrected chi connectivity index (χ4v) is 2.83. The van der Waals surface area contributed by atoms with Gasteiger partial charge in [-0.15, -0.1) is 0 Å². The first kappa shape index (κ1) is 19.9. The molecule has 0 aliphatic heterocycles. The van der Waals surface area contributed by atoms with Crippen LogP contribution in [0.2, 0.25) is 0 Å². The number of methoxy groups -OCH3 is 1. The number of nitrogens with one attached hydrogen (secondary N) is 1. The Morgan fingerprint density at radius 3 is 2.00 bits per heavy atom. The molecule has 0 heterocycles. The highest BCUT2D eigenvalue weighted by atomic mass is 16.5. The Bertz CT molecular complexity index is 407. The second-order valence-electron chi connectivity index (χ2n) is 7.17. The van der Waals surface area contributed by atoms with Crippen molar-refractivity contribution in [3.63, 3.8) is 0 Å². The van der Waals surface area contributed by atoms with Crippen molar-refractivity contribution < 1.29 is 19.5 Å². The zero-order valence-corrected chi connectivity index (χ0v) is 15.3. The second kappa shape index (κ2) is 10.6. The standard InChI is InChI=1S/C19H33NO3/c1-15(2)10-20(11-16(3)4)12-18(21)14-23-13-17-6-8-19(22-5)9-7-17/h6-9,15-16,18,21H,10-14H2,1-5H3/p+1/t18-/m1/s1. The van der Waals surface area contributed by atoms with Gasteiger partial charge in [0.25, 0.3) is 0 Å². The number of quaternary nitrogens is 1. The summed E-state index contributed by atoms with van der Waals surface area (Å²) in [7, 11) is 1.66. The molecule has 0 radical (unpaired) electrons. The Hall–Kier alpha value is -1.10. The van der Waals surface area contributed by atoms with Crippen molar-refractivity contribution in [3.8, 4) is 5.75 Å². The molecular weight excluding hydrogens is 290 g/mol. The van der Waals surface area contributed by atoms with Crippen molar-refractivity contribution in [2.75, 3.05) is 33.4 Å². The van der Waals surface area contributed by atoms with Gasteiger partial charge in [0.1, 0.15) is 18.4 Å². The lowest BCUT2D eigenvalue weighted by molar-refractivity contribution is -0.909. The summed E-state index contributed by atoms with van der Waals surface area (Å²) in [5, 5.41) is 10.2. The summed E-state index contributed by atoms with van der Waals surface area (Å²) < 4.78 is 10.8. The molecule has 1 aromatic rings. The zero-order valence-electron chi connectivity index (χ0n) is 15.3. The quantitative estimate of drug-likeness (QED) is 0.652. The van der Waals surface area contributed by atoms with Crippen molar-refractivity contribution in [3.05, 3.63) is 29.8 Å². The molecule has 1 rings (SSSR count). The van der Waals surface area contributed by atoms with Gasteiger partial charge >= 0.3 is 0 Å². The van der Waals surface area contributed by atoms with Gasteiger partial charge in [0, 0.05) is 11.8 Å². The van der Waals surface area contributed by atoms with Crippen LogP contribution in [0.25, 0.3) is 0 Å². The van der Waals surface area contributed by atoms with Crippen LogP contribution < -0.4 is 9.64 Å². The van der Waals surface area contributed by atoms with Gasteiger partial charge in [-0.1, -0.05) is 39.8 Å². The van der Waals surface area contributed by atoms with E-state index in [1.54, 1.807) is 7.11 Å². The smallest absolute Gasteiger partial charge is 0.126 e. The van der Waals surface area contributed by atoms with Crippen molar-refractivity contribution >= 4 is 0 Å². The topological polar surface area (TPSA) is 43.1 Å². The Kier molecular flexibility index (Phi) is 9.22. The summed E-state index contributed by atoms with van der Waals surface area (Å²) in [6, 6.07) is 7.82. The number of hydrogen-bond acceptors (Lipinski definition) is 3. The number of aliphatic hydroxyl groups is 1. The van der Waals surface area contributed by atoms with Gasteiger partial charge < -0.3 is 19.5 Å². The number of ether oxygens (including phenoxy) is 2. The van der Waals surface area contributed by atoms with Gasteiger partial charge in [0.05, 0.1) is 33.4 Å². The molecule has 0 saturated heterocycles. The first-order valence-corrected chi connectivity index (χ1v) is 8.63. The fourth-order valence-electron chi connectivity index (χ4n) is 2.83.